The second-order valence-electron chi connectivity index (χ2n) is 5.10. The van der Waals surface area contributed by atoms with Gasteiger partial charge in [0.1, 0.15) is 0 Å². The summed E-state index contributed by atoms with van der Waals surface area (Å²) >= 11 is 3.39. The van der Waals surface area contributed by atoms with Crippen molar-refractivity contribution in [3.8, 4) is 0 Å². The number of carbonyl (C=O) groups is 1. The summed E-state index contributed by atoms with van der Waals surface area (Å²) in [6.45, 7) is 0. The summed E-state index contributed by atoms with van der Waals surface area (Å²) in [5, 5.41) is 3.15. The molecule has 1 saturated carbocycles. The van der Waals surface area contributed by atoms with Crippen molar-refractivity contribution in [1.82, 2.24) is 14.9 Å². The van der Waals surface area contributed by atoms with Gasteiger partial charge in [-0.3, -0.25) is 4.79 Å². The highest BCUT2D eigenvalue weighted by Gasteiger charge is 2.29. The van der Waals surface area contributed by atoms with Gasteiger partial charge in [0.05, 0.1) is 12.4 Å². The minimum Gasteiger partial charge on any atom is -0.347 e. The zero-order valence-corrected chi connectivity index (χ0v) is 12.6. The van der Waals surface area contributed by atoms with Crippen LogP contribution in [0.1, 0.15) is 35.7 Å². The maximum atomic E-state index is 12.3. The number of nitrogens with one attached hydrogen (secondary N) is 1. The highest BCUT2D eigenvalue weighted by molar-refractivity contribution is 9.10. The number of imidazole rings is 1. The van der Waals surface area contributed by atoms with E-state index in [9.17, 15) is 4.79 Å². The highest BCUT2D eigenvalue weighted by Crippen LogP contribution is 2.30. The van der Waals surface area contributed by atoms with Crippen LogP contribution in [-0.4, -0.2) is 21.5 Å². The van der Waals surface area contributed by atoms with Gasteiger partial charge in [-0.25, -0.2) is 4.98 Å². The van der Waals surface area contributed by atoms with Crippen LogP contribution in [0.15, 0.2) is 47.5 Å². The third-order valence-electron chi connectivity index (χ3n) is 3.79. The normalized spacial score (nSPS) is 21.9. The molecule has 1 amide bonds. The Morgan fingerprint density at radius 1 is 1.40 bits per heavy atom. The molecule has 5 heteroatoms. The van der Waals surface area contributed by atoms with Crippen molar-refractivity contribution in [2.24, 2.45) is 0 Å². The maximum Gasteiger partial charge on any atom is 0.251 e. The van der Waals surface area contributed by atoms with E-state index in [0.29, 0.717) is 11.6 Å². The van der Waals surface area contributed by atoms with Crippen molar-refractivity contribution in [3.05, 3.63) is 53.0 Å². The number of carbonyl (C=O) groups excluding carboxylic acids is 1. The Kier molecular flexibility index (Phi) is 3.87. The van der Waals surface area contributed by atoms with Gasteiger partial charge < -0.3 is 9.88 Å². The molecule has 1 N–H and O–H groups in total. The third-order valence-corrected chi connectivity index (χ3v) is 4.28. The number of rotatable bonds is 3. The summed E-state index contributed by atoms with van der Waals surface area (Å²) in [5.41, 5.74) is 0.690. The molecule has 0 saturated heterocycles. The molecule has 0 bridgehead atoms. The van der Waals surface area contributed by atoms with Crippen molar-refractivity contribution in [2.45, 2.75) is 31.3 Å². The summed E-state index contributed by atoms with van der Waals surface area (Å²) in [6, 6.07) is 7.96. The maximum absolute atomic E-state index is 12.3. The zero-order chi connectivity index (χ0) is 13.9. The first-order valence-electron chi connectivity index (χ1n) is 6.78. The first-order chi connectivity index (χ1) is 9.74. The Hall–Kier alpha value is -1.62. The molecule has 104 valence electrons. The minimum atomic E-state index is -0.0108. The van der Waals surface area contributed by atoms with Crippen LogP contribution in [0.3, 0.4) is 0 Å². The number of hydrogen-bond donors (Lipinski definition) is 1. The number of nitrogens with zero attached hydrogens (tertiary/aromatic N) is 2. The molecule has 1 aliphatic rings. The van der Waals surface area contributed by atoms with Gasteiger partial charge in [0.25, 0.3) is 5.91 Å². The molecule has 2 aromatic rings. The average Bonchev–Trinajstić information content (AvgIpc) is 3.08. The van der Waals surface area contributed by atoms with Gasteiger partial charge in [-0.2, -0.15) is 0 Å². The lowest BCUT2D eigenvalue weighted by Gasteiger charge is -2.22. The van der Waals surface area contributed by atoms with E-state index in [-0.39, 0.29) is 11.9 Å². The number of halogens is 1. The molecule has 2 atom stereocenters. The van der Waals surface area contributed by atoms with Crippen molar-refractivity contribution in [3.63, 3.8) is 0 Å². The second kappa shape index (κ2) is 5.79. The number of aromatic nitrogens is 2. The van der Waals surface area contributed by atoms with Gasteiger partial charge in [0.15, 0.2) is 0 Å². The van der Waals surface area contributed by atoms with Gasteiger partial charge in [-0.15, -0.1) is 0 Å². The molecule has 1 aromatic carbocycles. The second-order valence-corrected chi connectivity index (χ2v) is 6.01. The van der Waals surface area contributed by atoms with Crippen LogP contribution in [0, 0.1) is 0 Å². The van der Waals surface area contributed by atoms with Crippen molar-refractivity contribution in [2.75, 3.05) is 0 Å². The molecule has 0 aliphatic heterocycles. The number of hydrogen-bond acceptors (Lipinski definition) is 2. The van der Waals surface area contributed by atoms with Crippen LogP contribution in [0.25, 0.3) is 0 Å². The van der Waals surface area contributed by atoms with Gasteiger partial charge in [0, 0.05) is 28.5 Å². The van der Waals surface area contributed by atoms with Crippen molar-refractivity contribution >= 4 is 21.8 Å². The van der Waals surface area contributed by atoms with E-state index in [2.05, 4.69) is 30.8 Å². The molecule has 3 rings (SSSR count). The molecule has 0 unspecified atom stereocenters. The molecular formula is C15H16BrN3O. The van der Waals surface area contributed by atoms with Crippen LogP contribution >= 0.6 is 15.9 Å². The monoisotopic (exact) mass is 333 g/mol. The highest BCUT2D eigenvalue weighted by atomic mass is 79.9. The Morgan fingerprint density at radius 3 is 3.05 bits per heavy atom. The van der Waals surface area contributed by atoms with Crippen molar-refractivity contribution in [1.29, 1.82) is 0 Å². The van der Waals surface area contributed by atoms with E-state index in [1.54, 1.807) is 6.20 Å². The summed E-state index contributed by atoms with van der Waals surface area (Å²) in [6.07, 6.45) is 8.81. The molecular weight excluding hydrogens is 318 g/mol. The predicted octanol–water partition coefficient (Wildman–Crippen LogP) is 3.17. The van der Waals surface area contributed by atoms with Crippen LogP contribution in [0.2, 0.25) is 0 Å². The van der Waals surface area contributed by atoms with E-state index < -0.39 is 0 Å². The standard InChI is InChI=1S/C15H16BrN3O/c16-12-4-1-3-11(9-12)15(20)18-13-5-2-6-14(13)19-8-7-17-10-19/h1,3-4,7-10,13-14H,2,5-6H2,(H,18,20)/t13-,14+/m0/s1. The Morgan fingerprint density at radius 2 is 2.30 bits per heavy atom. The average molecular weight is 334 g/mol. The van der Waals surface area contributed by atoms with E-state index in [1.165, 1.54) is 0 Å². The fourth-order valence-electron chi connectivity index (χ4n) is 2.81. The summed E-state index contributed by atoms with van der Waals surface area (Å²) < 4.78 is 3.02. The topological polar surface area (TPSA) is 46.9 Å². The van der Waals surface area contributed by atoms with Crippen LogP contribution in [0.5, 0.6) is 0 Å². The zero-order valence-electron chi connectivity index (χ0n) is 11.0. The van der Waals surface area contributed by atoms with Crippen LogP contribution in [0.4, 0.5) is 0 Å². The minimum absolute atomic E-state index is 0.0108. The van der Waals surface area contributed by atoms with Crippen LogP contribution < -0.4 is 5.32 Å². The molecule has 1 aromatic heterocycles. The Labute approximate surface area is 126 Å². The molecule has 1 aliphatic carbocycles. The first kappa shape index (κ1) is 13.4. The molecule has 1 heterocycles. The quantitative estimate of drug-likeness (QED) is 0.937. The predicted molar refractivity (Wildman–Crippen MR) is 80.5 cm³/mol. The number of amides is 1. The van der Waals surface area contributed by atoms with Gasteiger partial charge >= 0.3 is 0 Å². The lowest BCUT2D eigenvalue weighted by molar-refractivity contribution is 0.0929. The SMILES string of the molecule is O=C(N[C@H]1CCC[C@H]1n1ccnc1)c1cccc(Br)c1. The van der Waals surface area contributed by atoms with E-state index in [4.69, 9.17) is 0 Å². The molecule has 0 spiro atoms. The summed E-state index contributed by atoms with van der Waals surface area (Å²) in [5.74, 6) is -0.0108. The summed E-state index contributed by atoms with van der Waals surface area (Å²) in [7, 11) is 0. The van der Waals surface area contributed by atoms with E-state index in [1.807, 2.05) is 36.8 Å². The lowest BCUT2D eigenvalue weighted by Crippen LogP contribution is -2.38. The Balaban J connectivity index is 1.72. The van der Waals surface area contributed by atoms with E-state index >= 15 is 0 Å². The van der Waals surface area contributed by atoms with Gasteiger partial charge in [-0.05, 0) is 37.5 Å². The molecule has 4 nitrogen and oxygen atoms in total. The molecule has 0 radical (unpaired) electrons. The van der Waals surface area contributed by atoms with Crippen LogP contribution in [-0.2, 0) is 0 Å². The van der Waals surface area contributed by atoms with Crippen molar-refractivity contribution < 1.29 is 4.79 Å². The lowest BCUT2D eigenvalue weighted by atomic mass is 10.1. The van der Waals surface area contributed by atoms with Gasteiger partial charge in [0.2, 0.25) is 0 Å². The van der Waals surface area contributed by atoms with Gasteiger partial charge in [-0.1, -0.05) is 22.0 Å². The first-order valence-corrected chi connectivity index (χ1v) is 7.57. The molecule has 1 fully saturated rings. The fourth-order valence-corrected chi connectivity index (χ4v) is 3.21. The van der Waals surface area contributed by atoms with E-state index in [0.717, 1.165) is 23.7 Å². The Bertz CT molecular complexity index is 597. The third kappa shape index (κ3) is 2.77. The molecule has 20 heavy (non-hydrogen) atoms. The smallest absolute Gasteiger partial charge is 0.251 e. The largest absolute Gasteiger partial charge is 0.347 e. The summed E-state index contributed by atoms with van der Waals surface area (Å²) in [4.78, 5) is 16.4. The fraction of sp³-hybridized carbons (Fsp3) is 0.333. The number of benzene rings is 1.